The molecule has 0 N–H and O–H groups in total. The first-order valence-corrected chi connectivity index (χ1v) is 10.6. The van der Waals surface area contributed by atoms with E-state index in [0.29, 0.717) is 5.92 Å². The van der Waals surface area contributed by atoms with E-state index >= 15 is 0 Å². The number of ether oxygens (including phenoxy) is 1. The van der Waals surface area contributed by atoms with E-state index in [1.165, 1.54) is 16.8 Å². The summed E-state index contributed by atoms with van der Waals surface area (Å²) in [5.41, 5.74) is 4.42. The lowest BCUT2D eigenvalue weighted by Gasteiger charge is -2.24. The van der Waals surface area contributed by atoms with Crippen molar-refractivity contribution in [1.82, 2.24) is 9.47 Å². The van der Waals surface area contributed by atoms with Crippen molar-refractivity contribution in [3.05, 3.63) is 89.2 Å². The molecule has 0 saturated heterocycles. The Labute approximate surface area is 180 Å². The SMILES string of the molecule is COc1cccc(Cn2cccc2CN(CCC(C)C)Cc2cccc(C#N)c2)c1. The number of nitriles is 1. The lowest BCUT2D eigenvalue weighted by Crippen LogP contribution is -2.26. The zero-order valence-electron chi connectivity index (χ0n) is 18.2. The third-order valence-corrected chi connectivity index (χ3v) is 5.28. The molecule has 0 aliphatic carbocycles. The van der Waals surface area contributed by atoms with E-state index < -0.39 is 0 Å². The van der Waals surface area contributed by atoms with Crippen molar-refractivity contribution >= 4 is 0 Å². The van der Waals surface area contributed by atoms with E-state index in [9.17, 15) is 5.26 Å². The van der Waals surface area contributed by atoms with Crippen molar-refractivity contribution in [2.75, 3.05) is 13.7 Å². The number of rotatable bonds is 10. The molecule has 4 heteroatoms. The molecule has 0 fully saturated rings. The number of benzene rings is 2. The summed E-state index contributed by atoms with van der Waals surface area (Å²) in [6.45, 7) is 8.09. The van der Waals surface area contributed by atoms with Crippen molar-refractivity contribution in [3.63, 3.8) is 0 Å². The first-order valence-electron chi connectivity index (χ1n) is 10.6. The Morgan fingerprint density at radius 2 is 1.80 bits per heavy atom. The summed E-state index contributed by atoms with van der Waals surface area (Å²) < 4.78 is 7.68. The van der Waals surface area contributed by atoms with Crippen LogP contribution in [0.25, 0.3) is 0 Å². The van der Waals surface area contributed by atoms with Crippen molar-refractivity contribution < 1.29 is 4.74 Å². The molecule has 0 radical (unpaired) electrons. The molecule has 0 saturated carbocycles. The van der Waals surface area contributed by atoms with Gasteiger partial charge in [0.15, 0.2) is 0 Å². The van der Waals surface area contributed by atoms with E-state index in [2.05, 4.69) is 65.9 Å². The number of aromatic nitrogens is 1. The maximum Gasteiger partial charge on any atom is 0.119 e. The molecule has 0 atom stereocenters. The Balaban J connectivity index is 1.75. The molecule has 156 valence electrons. The number of methoxy groups -OCH3 is 1. The van der Waals surface area contributed by atoms with Gasteiger partial charge in [-0.15, -0.1) is 0 Å². The van der Waals surface area contributed by atoms with Gasteiger partial charge in [0.2, 0.25) is 0 Å². The number of nitrogens with zero attached hydrogens (tertiary/aromatic N) is 3. The first kappa shape index (κ1) is 21.7. The van der Waals surface area contributed by atoms with E-state index in [4.69, 9.17) is 4.74 Å². The first-order chi connectivity index (χ1) is 14.6. The molecular weight excluding hydrogens is 370 g/mol. The van der Waals surface area contributed by atoms with Crippen LogP contribution in [0.15, 0.2) is 66.9 Å². The summed E-state index contributed by atoms with van der Waals surface area (Å²) in [5, 5.41) is 9.22. The van der Waals surface area contributed by atoms with E-state index in [1.807, 2.05) is 30.3 Å². The van der Waals surface area contributed by atoms with Crippen molar-refractivity contribution in [1.29, 1.82) is 5.26 Å². The molecule has 0 unspecified atom stereocenters. The highest BCUT2D eigenvalue weighted by molar-refractivity contribution is 5.33. The fourth-order valence-electron chi connectivity index (χ4n) is 3.60. The molecule has 0 bridgehead atoms. The smallest absolute Gasteiger partial charge is 0.119 e. The monoisotopic (exact) mass is 401 g/mol. The Hall–Kier alpha value is -3.03. The second-order valence-electron chi connectivity index (χ2n) is 8.18. The van der Waals surface area contributed by atoms with E-state index in [0.717, 1.165) is 43.9 Å². The third-order valence-electron chi connectivity index (χ3n) is 5.28. The lowest BCUT2D eigenvalue weighted by molar-refractivity contribution is 0.235. The molecule has 0 aliphatic rings. The number of hydrogen-bond acceptors (Lipinski definition) is 3. The van der Waals surface area contributed by atoms with Gasteiger partial charge in [-0.3, -0.25) is 4.90 Å². The molecule has 0 aliphatic heterocycles. The molecule has 0 amide bonds. The van der Waals surface area contributed by atoms with Gasteiger partial charge in [0, 0.05) is 31.5 Å². The zero-order chi connectivity index (χ0) is 21.3. The van der Waals surface area contributed by atoms with Crippen LogP contribution in [-0.4, -0.2) is 23.1 Å². The molecule has 1 aromatic heterocycles. The van der Waals surface area contributed by atoms with Gasteiger partial charge in [0.25, 0.3) is 0 Å². The summed E-state index contributed by atoms with van der Waals surface area (Å²) in [6.07, 6.45) is 3.29. The molecule has 30 heavy (non-hydrogen) atoms. The average molecular weight is 402 g/mol. The maximum atomic E-state index is 9.22. The van der Waals surface area contributed by atoms with Crippen LogP contribution < -0.4 is 4.74 Å². The summed E-state index contributed by atoms with van der Waals surface area (Å²) in [5.74, 6) is 1.54. The summed E-state index contributed by atoms with van der Waals surface area (Å²) in [7, 11) is 1.70. The average Bonchev–Trinajstić information content (AvgIpc) is 3.18. The van der Waals surface area contributed by atoms with Gasteiger partial charge in [0.05, 0.1) is 18.7 Å². The minimum absolute atomic E-state index is 0.654. The van der Waals surface area contributed by atoms with Crippen LogP contribution in [0.3, 0.4) is 0 Å². The largest absolute Gasteiger partial charge is 0.497 e. The van der Waals surface area contributed by atoms with Gasteiger partial charge in [-0.1, -0.05) is 38.1 Å². The predicted octanol–water partition coefficient (Wildman–Crippen LogP) is 5.46. The fourth-order valence-corrected chi connectivity index (χ4v) is 3.60. The highest BCUT2D eigenvalue weighted by Gasteiger charge is 2.12. The van der Waals surface area contributed by atoms with Crippen LogP contribution in [0.2, 0.25) is 0 Å². The minimum atomic E-state index is 0.654. The number of hydrogen-bond donors (Lipinski definition) is 0. The van der Waals surface area contributed by atoms with Crippen LogP contribution in [0.5, 0.6) is 5.75 Å². The Morgan fingerprint density at radius 3 is 2.57 bits per heavy atom. The van der Waals surface area contributed by atoms with Crippen LogP contribution in [0, 0.1) is 17.2 Å². The highest BCUT2D eigenvalue weighted by atomic mass is 16.5. The summed E-state index contributed by atoms with van der Waals surface area (Å²) in [4.78, 5) is 2.48. The predicted molar refractivity (Wildman–Crippen MR) is 121 cm³/mol. The van der Waals surface area contributed by atoms with Gasteiger partial charge in [-0.2, -0.15) is 5.26 Å². The lowest BCUT2D eigenvalue weighted by atomic mass is 10.1. The van der Waals surface area contributed by atoms with Gasteiger partial charge >= 0.3 is 0 Å². The molecular formula is C26H31N3O. The van der Waals surface area contributed by atoms with E-state index in [-0.39, 0.29) is 0 Å². The second-order valence-corrected chi connectivity index (χ2v) is 8.18. The van der Waals surface area contributed by atoms with Gasteiger partial charge < -0.3 is 9.30 Å². The van der Waals surface area contributed by atoms with Crippen molar-refractivity contribution in [2.45, 2.75) is 39.9 Å². The van der Waals surface area contributed by atoms with Gasteiger partial charge in [0.1, 0.15) is 5.75 Å². The van der Waals surface area contributed by atoms with Crippen molar-refractivity contribution in [2.24, 2.45) is 5.92 Å². The molecule has 3 aromatic rings. The Kier molecular flexibility index (Phi) is 7.70. The standard InChI is InChI=1S/C26H31N3O/c1-21(2)12-14-28(18-23-8-4-7-22(15-23)17-27)20-25-10-6-13-29(25)19-24-9-5-11-26(16-24)30-3/h4-11,13,15-16,21H,12,14,18-20H2,1-3H3. The second kappa shape index (κ2) is 10.7. The van der Waals surface area contributed by atoms with Crippen LogP contribution in [0.1, 0.15) is 42.7 Å². The molecule has 3 rings (SSSR count). The topological polar surface area (TPSA) is 41.2 Å². The normalized spacial score (nSPS) is 11.1. The third kappa shape index (κ3) is 6.23. The summed E-state index contributed by atoms with van der Waals surface area (Å²) in [6, 6.07) is 22.7. The Morgan fingerprint density at radius 1 is 1.00 bits per heavy atom. The maximum absolute atomic E-state index is 9.22. The van der Waals surface area contributed by atoms with Crippen LogP contribution in [0.4, 0.5) is 0 Å². The minimum Gasteiger partial charge on any atom is -0.497 e. The molecule has 2 aromatic carbocycles. The van der Waals surface area contributed by atoms with Crippen LogP contribution in [-0.2, 0) is 19.6 Å². The van der Waals surface area contributed by atoms with E-state index in [1.54, 1.807) is 7.11 Å². The molecule has 0 spiro atoms. The molecule has 1 heterocycles. The quantitative estimate of drug-likeness (QED) is 0.453. The van der Waals surface area contributed by atoms with Gasteiger partial charge in [-0.25, -0.2) is 0 Å². The highest BCUT2D eigenvalue weighted by Crippen LogP contribution is 2.18. The molecule has 4 nitrogen and oxygen atoms in total. The fraction of sp³-hybridized carbons (Fsp3) is 0.346. The zero-order valence-corrected chi connectivity index (χ0v) is 18.2. The summed E-state index contributed by atoms with van der Waals surface area (Å²) >= 11 is 0. The van der Waals surface area contributed by atoms with Gasteiger partial charge in [-0.05, 0) is 66.4 Å². The Bertz CT molecular complexity index is 984. The van der Waals surface area contributed by atoms with Crippen LogP contribution >= 0.6 is 0 Å². The van der Waals surface area contributed by atoms with Crippen molar-refractivity contribution in [3.8, 4) is 11.8 Å².